The molecule has 0 fully saturated rings. The van der Waals surface area contributed by atoms with Gasteiger partial charge in [-0.1, -0.05) is 38.5 Å². The molecule has 0 atom stereocenters. The number of quaternary nitrogens is 1. The Morgan fingerprint density at radius 1 is 1.11 bits per heavy atom. The molecule has 0 radical (unpaired) electrons. The largest absolute Gasteiger partial charge is 0.328 e. The van der Waals surface area contributed by atoms with Crippen molar-refractivity contribution in [2.24, 2.45) is 0 Å². The van der Waals surface area contributed by atoms with Gasteiger partial charge in [0, 0.05) is 18.7 Å². The molecule has 0 saturated carbocycles. The average Bonchev–Trinajstić information content (AvgIpc) is 2.63. The van der Waals surface area contributed by atoms with Crippen LogP contribution in [0.3, 0.4) is 0 Å². The zero-order valence-corrected chi connectivity index (χ0v) is 17.9. The second kappa shape index (κ2) is 10.2. The van der Waals surface area contributed by atoms with Crippen molar-refractivity contribution in [1.29, 1.82) is 0 Å². The summed E-state index contributed by atoms with van der Waals surface area (Å²) in [6, 6.07) is 4.28. The van der Waals surface area contributed by atoms with Crippen molar-refractivity contribution in [3.8, 4) is 0 Å². The van der Waals surface area contributed by atoms with Gasteiger partial charge in [0.25, 0.3) is 5.56 Å². The summed E-state index contributed by atoms with van der Waals surface area (Å²) in [6.07, 6.45) is 5.50. The van der Waals surface area contributed by atoms with Crippen LogP contribution in [0.1, 0.15) is 46.0 Å². The van der Waals surface area contributed by atoms with Crippen molar-refractivity contribution in [2.45, 2.75) is 57.7 Å². The molecule has 0 aliphatic heterocycles. The van der Waals surface area contributed by atoms with Crippen LogP contribution in [0, 0.1) is 5.82 Å². The predicted octanol–water partition coefficient (Wildman–Crippen LogP) is 4.69. The molecule has 2 aromatic rings. The van der Waals surface area contributed by atoms with Crippen LogP contribution in [-0.2, 0) is 6.54 Å². The normalized spacial score (nSPS) is 12.0. The molecule has 0 bridgehead atoms. The summed E-state index contributed by atoms with van der Waals surface area (Å²) in [5, 5.41) is 1.13. The van der Waals surface area contributed by atoms with Gasteiger partial charge in [-0.3, -0.25) is 9.36 Å². The minimum absolute atomic E-state index is 0.127. The molecular formula is C21H33FN3OS+. The topological polar surface area (TPSA) is 34.9 Å². The van der Waals surface area contributed by atoms with E-state index in [-0.39, 0.29) is 5.56 Å². The Balaban J connectivity index is 2.24. The lowest BCUT2D eigenvalue weighted by Gasteiger charge is -2.30. The Bertz CT molecular complexity index is 804. The molecule has 0 aliphatic rings. The van der Waals surface area contributed by atoms with Crippen LogP contribution >= 0.6 is 11.8 Å². The van der Waals surface area contributed by atoms with E-state index in [1.165, 1.54) is 25.0 Å². The van der Waals surface area contributed by atoms with E-state index in [4.69, 9.17) is 0 Å². The summed E-state index contributed by atoms with van der Waals surface area (Å²) in [6.45, 7) is 7.14. The standard InChI is InChI=1S/C21H33FN3OS/c1-5-7-13-25(3,4)14-9-12-24-20(26)18-16-17(22)10-11-19(18)23-21(24)27-15-8-6-2/h10-11,16H,5-9,12-15H2,1-4H3/q+1. The molecule has 1 heterocycles. The number of hydrogen-bond acceptors (Lipinski definition) is 3. The third kappa shape index (κ3) is 6.32. The van der Waals surface area contributed by atoms with Gasteiger partial charge in [-0.15, -0.1) is 0 Å². The highest BCUT2D eigenvalue weighted by Gasteiger charge is 2.16. The number of rotatable bonds is 11. The number of benzene rings is 1. The first-order valence-corrected chi connectivity index (χ1v) is 11.0. The molecule has 6 heteroatoms. The number of nitrogens with zero attached hydrogens (tertiary/aromatic N) is 3. The van der Waals surface area contributed by atoms with Crippen LogP contribution in [0.2, 0.25) is 0 Å². The van der Waals surface area contributed by atoms with Crippen molar-refractivity contribution >= 4 is 22.7 Å². The maximum Gasteiger partial charge on any atom is 0.262 e. The van der Waals surface area contributed by atoms with Gasteiger partial charge < -0.3 is 4.48 Å². The van der Waals surface area contributed by atoms with Crippen molar-refractivity contribution in [2.75, 3.05) is 32.9 Å². The summed E-state index contributed by atoms with van der Waals surface area (Å²) in [4.78, 5) is 17.7. The Labute approximate surface area is 166 Å². The van der Waals surface area contributed by atoms with E-state index in [0.717, 1.165) is 47.7 Å². The van der Waals surface area contributed by atoms with E-state index in [1.54, 1.807) is 22.4 Å². The third-order valence-electron chi connectivity index (χ3n) is 4.87. The van der Waals surface area contributed by atoms with Crippen LogP contribution in [0.15, 0.2) is 28.2 Å². The molecule has 150 valence electrons. The molecule has 4 nitrogen and oxygen atoms in total. The summed E-state index contributed by atoms with van der Waals surface area (Å²) in [5.41, 5.74) is 0.452. The molecule has 0 aliphatic carbocycles. The maximum absolute atomic E-state index is 13.6. The second-order valence-electron chi connectivity index (χ2n) is 7.80. The van der Waals surface area contributed by atoms with Crippen LogP contribution in [0.25, 0.3) is 10.9 Å². The smallest absolute Gasteiger partial charge is 0.262 e. The average molecular weight is 395 g/mol. The van der Waals surface area contributed by atoms with Crippen LogP contribution in [0.5, 0.6) is 0 Å². The van der Waals surface area contributed by atoms with Crippen LogP contribution < -0.4 is 5.56 Å². The fraction of sp³-hybridized carbons (Fsp3) is 0.619. The van der Waals surface area contributed by atoms with Gasteiger partial charge in [-0.25, -0.2) is 9.37 Å². The summed E-state index contributed by atoms with van der Waals surface area (Å²) < 4.78 is 16.3. The summed E-state index contributed by atoms with van der Waals surface area (Å²) >= 11 is 1.63. The van der Waals surface area contributed by atoms with Crippen molar-refractivity contribution in [3.05, 3.63) is 34.4 Å². The number of hydrogen-bond donors (Lipinski definition) is 0. The second-order valence-corrected chi connectivity index (χ2v) is 8.87. The van der Waals surface area contributed by atoms with Crippen molar-refractivity contribution < 1.29 is 8.87 Å². The fourth-order valence-corrected chi connectivity index (χ4v) is 4.25. The third-order valence-corrected chi connectivity index (χ3v) is 5.94. The first-order chi connectivity index (χ1) is 12.9. The predicted molar refractivity (Wildman–Crippen MR) is 113 cm³/mol. The van der Waals surface area contributed by atoms with Gasteiger partial charge >= 0.3 is 0 Å². The van der Waals surface area contributed by atoms with E-state index in [0.29, 0.717) is 17.4 Å². The molecule has 1 aromatic heterocycles. The van der Waals surface area contributed by atoms with Gasteiger partial charge in [0.1, 0.15) is 5.82 Å². The minimum atomic E-state index is -0.392. The number of aromatic nitrogens is 2. The highest BCUT2D eigenvalue weighted by atomic mass is 32.2. The van der Waals surface area contributed by atoms with E-state index >= 15 is 0 Å². The molecule has 0 spiro atoms. The molecule has 0 saturated heterocycles. The number of unbranched alkanes of at least 4 members (excludes halogenated alkanes) is 2. The zero-order chi connectivity index (χ0) is 19.9. The highest BCUT2D eigenvalue weighted by Crippen LogP contribution is 2.20. The molecule has 0 amide bonds. The van der Waals surface area contributed by atoms with Gasteiger partial charge in [0.05, 0.1) is 38.1 Å². The maximum atomic E-state index is 13.6. The lowest BCUT2D eigenvalue weighted by molar-refractivity contribution is -0.890. The van der Waals surface area contributed by atoms with E-state index in [1.807, 2.05) is 0 Å². The van der Waals surface area contributed by atoms with E-state index in [9.17, 15) is 9.18 Å². The number of thioether (sulfide) groups is 1. The summed E-state index contributed by atoms with van der Waals surface area (Å²) in [5.74, 6) is 0.546. The van der Waals surface area contributed by atoms with Crippen LogP contribution in [-0.4, -0.2) is 47.0 Å². The number of halogens is 1. The molecule has 27 heavy (non-hydrogen) atoms. The summed E-state index contributed by atoms with van der Waals surface area (Å²) in [7, 11) is 4.48. The number of fused-ring (bicyclic) bond motifs is 1. The molecule has 1 aromatic carbocycles. The molecule has 0 unspecified atom stereocenters. The fourth-order valence-electron chi connectivity index (χ4n) is 3.14. The Morgan fingerprint density at radius 2 is 1.81 bits per heavy atom. The van der Waals surface area contributed by atoms with E-state index in [2.05, 4.69) is 32.9 Å². The Morgan fingerprint density at radius 3 is 2.52 bits per heavy atom. The van der Waals surface area contributed by atoms with Crippen molar-refractivity contribution in [3.63, 3.8) is 0 Å². The van der Waals surface area contributed by atoms with Gasteiger partial charge in [0.15, 0.2) is 5.16 Å². The first-order valence-electron chi connectivity index (χ1n) is 10.0. The van der Waals surface area contributed by atoms with Gasteiger partial charge in [-0.05, 0) is 31.0 Å². The van der Waals surface area contributed by atoms with E-state index < -0.39 is 5.82 Å². The van der Waals surface area contributed by atoms with Gasteiger partial charge in [-0.2, -0.15) is 0 Å². The molecular weight excluding hydrogens is 361 g/mol. The lowest BCUT2D eigenvalue weighted by Crippen LogP contribution is -2.41. The van der Waals surface area contributed by atoms with Crippen LogP contribution in [0.4, 0.5) is 4.39 Å². The van der Waals surface area contributed by atoms with Crippen molar-refractivity contribution in [1.82, 2.24) is 9.55 Å². The highest BCUT2D eigenvalue weighted by molar-refractivity contribution is 7.99. The Hall–Kier alpha value is -1.40. The lowest BCUT2D eigenvalue weighted by atomic mass is 10.2. The monoisotopic (exact) mass is 394 g/mol. The molecule has 0 N–H and O–H groups in total. The quantitative estimate of drug-likeness (QED) is 0.240. The first kappa shape index (κ1) is 21.9. The molecule has 2 rings (SSSR count). The van der Waals surface area contributed by atoms with Gasteiger partial charge in [0.2, 0.25) is 0 Å². The zero-order valence-electron chi connectivity index (χ0n) is 17.1. The Kier molecular flexibility index (Phi) is 8.29. The SMILES string of the molecule is CCCCSc1nc2ccc(F)cc2c(=O)n1CCC[N+](C)(C)CCCC. The minimum Gasteiger partial charge on any atom is -0.328 e.